The summed E-state index contributed by atoms with van der Waals surface area (Å²) in [4.78, 5) is 14.7. The Bertz CT molecular complexity index is 1090. The van der Waals surface area contributed by atoms with Crippen LogP contribution in [-0.4, -0.2) is 55.8 Å². The highest BCUT2D eigenvalue weighted by Gasteiger charge is 2.38. The average Bonchev–Trinajstić information content (AvgIpc) is 2.80. The molecule has 0 aromatic heterocycles. The van der Waals surface area contributed by atoms with Gasteiger partial charge in [0.2, 0.25) is 10.0 Å². The summed E-state index contributed by atoms with van der Waals surface area (Å²) in [6.45, 7) is 0.959. The molecule has 4 rings (SSSR count). The van der Waals surface area contributed by atoms with Gasteiger partial charge in [-0.15, -0.1) is 0 Å². The number of rotatable bonds is 3. The fraction of sp³-hybridized carbons (Fsp3) is 0.480. The van der Waals surface area contributed by atoms with E-state index in [-0.39, 0.29) is 23.8 Å². The molecule has 6 nitrogen and oxygen atoms in total. The zero-order valence-electron chi connectivity index (χ0n) is 19.0. The summed E-state index contributed by atoms with van der Waals surface area (Å²) in [6.07, 6.45) is 4.49. The van der Waals surface area contributed by atoms with Crippen LogP contribution in [0.25, 0.3) is 0 Å². The van der Waals surface area contributed by atoms with Crippen LogP contribution in [0.5, 0.6) is 5.75 Å². The van der Waals surface area contributed by atoms with Crippen molar-refractivity contribution < 1.29 is 17.9 Å². The van der Waals surface area contributed by atoms with Gasteiger partial charge in [-0.25, -0.2) is 8.42 Å². The zero-order valence-corrected chi connectivity index (χ0v) is 20.5. The van der Waals surface area contributed by atoms with Crippen LogP contribution in [0, 0.1) is 0 Å². The van der Waals surface area contributed by atoms with E-state index in [0.29, 0.717) is 41.4 Å². The maximum atomic E-state index is 13.7. The van der Waals surface area contributed by atoms with Gasteiger partial charge in [0.15, 0.2) is 0 Å². The number of hydrogen-bond acceptors (Lipinski definition) is 4. The highest BCUT2D eigenvalue weighted by atomic mass is 35.5. The molecule has 0 saturated heterocycles. The van der Waals surface area contributed by atoms with Gasteiger partial charge in [0, 0.05) is 25.2 Å². The summed E-state index contributed by atoms with van der Waals surface area (Å²) in [6, 6.07) is 14.1. The van der Waals surface area contributed by atoms with E-state index >= 15 is 0 Å². The lowest BCUT2D eigenvalue weighted by molar-refractivity contribution is 0.0657. The quantitative estimate of drug-likeness (QED) is 0.624. The van der Waals surface area contributed by atoms with Crippen molar-refractivity contribution in [3.63, 3.8) is 0 Å². The van der Waals surface area contributed by atoms with E-state index in [0.717, 1.165) is 32.1 Å². The van der Waals surface area contributed by atoms with Crippen molar-refractivity contribution in [2.75, 3.05) is 20.1 Å². The zero-order chi connectivity index (χ0) is 23.4. The van der Waals surface area contributed by atoms with Gasteiger partial charge in [0.1, 0.15) is 11.9 Å². The fourth-order valence-electron chi connectivity index (χ4n) is 4.78. The van der Waals surface area contributed by atoms with Crippen LogP contribution in [0.2, 0.25) is 5.02 Å². The summed E-state index contributed by atoms with van der Waals surface area (Å²) < 4.78 is 35.4. The standard InChI is InChI=1S/C25H31ClN2O4S/c1-27-16-8-9-17-28(33(30,31)18-19-10-2-4-12-21(19)26)22-13-5-7-15-24(22)32-23-14-6-3-11-20(23)25(27)29/h2-4,6,10-12,14,22,24H,5,7-9,13,15-18H2,1H3/t22-,24+/m1/s1. The van der Waals surface area contributed by atoms with Crippen molar-refractivity contribution in [1.82, 2.24) is 9.21 Å². The van der Waals surface area contributed by atoms with E-state index in [9.17, 15) is 13.2 Å². The Morgan fingerprint density at radius 1 is 0.970 bits per heavy atom. The first-order valence-corrected chi connectivity index (χ1v) is 13.6. The van der Waals surface area contributed by atoms with E-state index in [1.165, 1.54) is 0 Å². The molecule has 0 N–H and O–H groups in total. The van der Waals surface area contributed by atoms with Gasteiger partial charge in [-0.2, -0.15) is 4.31 Å². The Kier molecular flexibility index (Phi) is 7.62. The van der Waals surface area contributed by atoms with Gasteiger partial charge in [0.25, 0.3) is 5.91 Å². The number of hydrogen-bond donors (Lipinski definition) is 0. The van der Waals surface area contributed by atoms with Gasteiger partial charge >= 0.3 is 0 Å². The van der Waals surface area contributed by atoms with E-state index in [1.54, 1.807) is 46.6 Å². The van der Waals surface area contributed by atoms with Crippen LogP contribution in [-0.2, 0) is 15.8 Å². The van der Waals surface area contributed by atoms with Crippen molar-refractivity contribution in [3.05, 3.63) is 64.7 Å². The lowest BCUT2D eigenvalue weighted by Gasteiger charge is -2.39. The number of para-hydroxylation sites is 1. The second kappa shape index (κ2) is 10.5. The van der Waals surface area contributed by atoms with Crippen molar-refractivity contribution in [1.29, 1.82) is 0 Å². The molecule has 1 heterocycles. The summed E-state index contributed by atoms with van der Waals surface area (Å²) in [7, 11) is -1.85. The maximum absolute atomic E-state index is 13.7. The van der Waals surface area contributed by atoms with Crippen molar-refractivity contribution in [2.24, 2.45) is 0 Å². The van der Waals surface area contributed by atoms with E-state index in [1.807, 2.05) is 18.2 Å². The van der Waals surface area contributed by atoms with Crippen LogP contribution in [0.3, 0.4) is 0 Å². The average molecular weight is 491 g/mol. The summed E-state index contributed by atoms with van der Waals surface area (Å²) >= 11 is 6.29. The highest BCUT2D eigenvalue weighted by molar-refractivity contribution is 7.88. The molecule has 1 aliphatic heterocycles. The topological polar surface area (TPSA) is 66.9 Å². The maximum Gasteiger partial charge on any atom is 0.257 e. The van der Waals surface area contributed by atoms with Crippen LogP contribution in [0.4, 0.5) is 0 Å². The molecular weight excluding hydrogens is 460 g/mol. The minimum atomic E-state index is -3.63. The molecule has 1 saturated carbocycles. The van der Waals surface area contributed by atoms with Gasteiger partial charge in [0.05, 0.1) is 17.4 Å². The lowest BCUT2D eigenvalue weighted by atomic mass is 9.92. The minimum absolute atomic E-state index is 0.0678. The third-order valence-corrected chi connectivity index (χ3v) is 8.77. The number of benzene rings is 2. The van der Waals surface area contributed by atoms with Gasteiger partial charge in [-0.05, 0) is 55.9 Å². The van der Waals surface area contributed by atoms with Crippen LogP contribution >= 0.6 is 11.6 Å². The number of nitrogens with zero attached hydrogens (tertiary/aromatic N) is 2. The third kappa shape index (κ3) is 5.53. The molecule has 2 aliphatic rings. The molecule has 1 fully saturated rings. The highest BCUT2D eigenvalue weighted by Crippen LogP contribution is 2.33. The molecule has 0 unspecified atom stereocenters. The number of ether oxygens (including phenoxy) is 1. The SMILES string of the molecule is CN1CCCCN(S(=O)(=O)Cc2ccccc2Cl)[C@@H]2CCCC[C@@H]2Oc2ccccc2C1=O. The Hall–Kier alpha value is -2.09. The van der Waals surface area contributed by atoms with Gasteiger partial charge < -0.3 is 9.64 Å². The van der Waals surface area contributed by atoms with Crippen molar-refractivity contribution in [2.45, 2.75) is 56.4 Å². The molecular formula is C25H31ClN2O4S. The molecule has 8 heteroatoms. The summed E-state index contributed by atoms with van der Waals surface area (Å²) in [5, 5.41) is 0.459. The molecule has 1 amide bonds. The smallest absolute Gasteiger partial charge is 0.257 e. The molecule has 178 valence electrons. The number of amides is 1. The largest absolute Gasteiger partial charge is 0.488 e. The van der Waals surface area contributed by atoms with E-state index in [4.69, 9.17) is 16.3 Å². The molecule has 0 spiro atoms. The van der Waals surface area contributed by atoms with Gasteiger partial charge in [-0.1, -0.05) is 48.4 Å². The third-order valence-electron chi connectivity index (χ3n) is 6.56. The number of fused-ring (bicyclic) bond motifs is 2. The first-order valence-electron chi connectivity index (χ1n) is 11.6. The number of carbonyl (C=O) groups is 1. The first kappa shape index (κ1) is 24.0. The second-order valence-electron chi connectivity index (χ2n) is 8.90. The molecule has 1 aliphatic carbocycles. The van der Waals surface area contributed by atoms with Crippen LogP contribution < -0.4 is 4.74 Å². The predicted molar refractivity (Wildman–Crippen MR) is 130 cm³/mol. The van der Waals surface area contributed by atoms with Crippen LogP contribution in [0.15, 0.2) is 48.5 Å². The first-order chi connectivity index (χ1) is 15.9. The Balaban J connectivity index is 1.69. The lowest BCUT2D eigenvalue weighted by Crippen LogP contribution is -2.51. The number of halogens is 1. The summed E-state index contributed by atoms with van der Waals surface area (Å²) in [5.74, 6) is 0.322. The summed E-state index contributed by atoms with van der Waals surface area (Å²) in [5.41, 5.74) is 1.13. The van der Waals surface area contributed by atoms with Crippen LogP contribution in [0.1, 0.15) is 54.4 Å². The molecule has 2 atom stereocenters. The van der Waals surface area contributed by atoms with E-state index in [2.05, 4.69) is 0 Å². The Morgan fingerprint density at radius 2 is 1.67 bits per heavy atom. The van der Waals surface area contributed by atoms with Crippen molar-refractivity contribution >= 4 is 27.5 Å². The molecule has 0 radical (unpaired) electrons. The normalized spacial score (nSPS) is 23.0. The number of sulfonamides is 1. The van der Waals surface area contributed by atoms with Gasteiger partial charge in [-0.3, -0.25) is 4.79 Å². The molecule has 33 heavy (non-hydrogen) atoms. The molecule has 2 aromatic carbocycles. The Morgan fingerprint density at radius 3 is 2.48 bits per heavy atom. The van der Waals surface area contributed by atoms with Crippen molar-refractivity contribution in [3.8, 4) is 5.75 Å². The minimum Gasteiger partial charge on any atom is -0.488 e. The second-order valence-corrected chi connectivity index (χ2v) is 11.2. The monoisotopic (exact) mass is 490 g/mol. The predicted octanol–water partition coefficient (Wildman–Crippen LogP) is 4.73. The Labute approximate surface area is 201 Å². The fourth-order valence-corrected chi connectivity index (χ4v) is 6.94. The molecule has 2 aromatic rings. The molecule has 0 bridgehead atoms. The number of carbonyl (C=O) groups excluding carboxylic acids is 1. The van der Waals surface area contributed by atoms with E-state index < -0.39 is 10.0 Å².